The lowest BCUT2D eigenvalue weighted by atomic mass is 9.85. The fourth-order valence-electron chi connectivity index (χ4n) is 12.4. The summed E-state index contributed by atoms with van der Waals surface area (Å²) in [6.07, 6.45) is 1.63. The molecule has 0 aliphatic carbocycles. The maximum Gasteiger partial charge on any atom is 0.534 e. The summed E-state index contributed by atoms with van der Waals surface area (Å²) >= 11 is 18.9. The van der Waals surface area contributed by atoms with Crippen molar-refractivity contribution in [2.45, 2.75) is 143 Å². The van der Waals surface area contributed by atoms with Gasteiger partial charge in [-0.1, -0.05) is 77.3 Å². The molecule has 4 heterocycles. The maximum absolute atomic E-state index is 13.4. The Balaban J connectivity index is 0.000000163. The summed E-state index contributed by atoms with van der Waals surface area (Å²) in [6, 6.07) is 34.5. The number of esters is 2. The summed E-state index contributed by atoms with van der Waals surface area (Å²) in [4.78, 5) is 48.0. The summed E-state index contributed by atoms with van der Waals surface area (Å²) < 4.78 is 108. The van der Waals surface area contributed by atoms with Crippen molar-refractivity contribution in [3.05, 3.63) is 182 Å². The van der Waals surface area contributed by atoms with Gasteiger partial charge in [-0.25, -0.2) is 14.4 Å². The van der Waals surface area contributed by atoms with Crippen molar-refractivity contribution in [2.24, 2.45) is 0 Å². The number of pyridine rings is 2. The number of halogens is 6. The van der Waals surface area contributed by atoms with Crippen LogP contribution in [0.3, 0.4) is 0 Å². The SMILES string of the molecule is CCOC(=O)C(OC(C)(C)C)c1ccc2ccc(Cl)cc2c1OS(=O)(=O)C(F)(F)F.CCOC(=O)[C@@H](OC(C)(C)C)c1c(C)cc2ccc(Cl)cc2c1-c1ccc2c3c(ccnc13)CCO2.Cc1cc2ccc(Cl)cc2c(-c2ccc3c4c(ccnc24)CCO3)c1[C@H](OC(C)(C)C)C(=O)O. The van der Waals surface area contributed by atoms with E-state index in [1.54, 1.807) is 33.9 Å². The summed E-state index contributed by atoms with van der Waals surface area (Å²) in [5, 5.41) is 17.6. The Labute approximate surface area is 593 Å². The lowest BCUT2D eigenvalue weighted by molar-refractivity contribution is -0.167. The number of aryl methyl sites for hydroxylation is 2. The Morgan fingerprint density at radius 3 is 1.37 bits per heavy atom. The van der Waals surface area contributed by atoms with Crippen LogP contribution in [0.4, 0.5) is 13.2 Å². The van der Waals surface area contributed by atoms with Crippen LogP contribution in [0.1, 0.15) is 133 Å². The van der Waals surface area contributed by atoms with E-state index in [4.69, 9.17) is 77.9 Å². The molecule has 0 spiro atoms. The second-order valence-corrected chi connectivity index (χ2v) is 29.9. The summed E-state index contributed by atoms with van der Waals surface area (Å²) in [5.74, 6) is -1.47. The van der Waals surface area contributed by atoms with Crippen LogP contribution in [-0.4, -0.2) is 90.1 Å². The molecule has 2 aromatic heterocycles. The van der Waals surface area contributed by atoms with E-state index in [1.807, 2.05) is 140 Å². The molecule has 1 N–H and O–H groups in total. The third kappa shape index (κ3) is 16.2. The van der Waals surface area contributed by atoms with Gasteiger partial charge in [-0.05, 0) is 223 Å². The van der Waals surface area contributed by atoms with E-state index >= 15 is 0 Å². The number of carboxylic acid groups (broad SMARTS) is 1. The fourth-order valence-corrected chi connectivity index (χ4v) is 13.5. The average Bonchev–Trinajstić information content (AvgIpc) is 0.750. The highest BCUT2D eigenvalue weighted by Crippen LogP contribution is 2.49. The second-order valence-electron chi connectivity index (χ2n) is 27.0. The number of benzene rings is 8. The standard InChI is InChI=1S/C30H30ClNO4.C28H26ClNO4.C19H20ClF3O6S/c1-6-34-29(33)28(36-30(3,4)5)24-17(2)15-19-7-8-20(31)16-22(19)26(24)21-9-10-23-25-18(12-14-35-23)11-13-32-27(21)25;1-15-13-17-5-6-18(29)14-20(17)24(22(15)26(27(31)32)34-28(2,3)4)19-7-8-21-23-16(10-12-33-21)9-11-30-25(19)23;1-5-27-17(24)16(28-18(2,3)4)13-9-7-11-6-8-12(20)10-14(11)15(13)29-30(25,26)19(21,22)23/h7-11,13,15-16,28H,6,12,14H2,1-5H3;5-9,11,13-14,26H,10,12H2,1-4H3,(H,31,32);6-10,16H,5H2,1-4H3/t28-;26-;/m00./s1. The molecule has 0 saturated heterocycles. The second kappa shape index (κ2) is 29.3. The van der Waals surface area contributed by atoms with Crippen molar-refractivity contribution in [3.8, 4) is 39.5 Å². The first-order valence-electron chi connectivity index (χ1n) is 32.3. The first kappa shape index (κ1) is 74.4. The molecule has 12 rings (SSSR count). The van der Waals surface area contributed by atoms with Crippen LogP contribution in [0.15, 0.2) is 128 Å². The van der Waals surface area contributed by atoms with Gasteiger partial charge in [-0.15, -0.1) is 0 Å². The predicted octanol–water partition coefficient (Wildman–Crippen LogP) is 19.4. The van der Waals surface area contributed by atoms with Gasteiger partial charge in [-0.2, -0.15) is 21.6 Å². The highest BCUT2D eigenvalue weighted by Gasteiger charge is 2.50. The first-order chi connectivity index (χ1) is 47.0. The number of carbonyl (C=O) groups excluding carboxylic acids is 2. The summed E-state index contributed by atoms with van der Waals surface area (Å²) in [7, 11) is -6.04. The van der Waals surface area contributed by atoms with E-state index in [-0.39, 0.29) is 29.2 Å². The number of hydrogen-bond donors (Lipinski definition) is 1. The van der Waals surface area contributed by atoms with E-state index in [1.165, 1.54) is 48.4 Å². The first-order valence-corrected chi connectivity index (χ1v) is 34.9. The summed E-state index contributed by atoms with van der Waals surface area (Å²) in [6.45, 7) is 25.0. The van der Waals surface area contributed by atoms with E-state index in [2.05, 4.69) is 10.2 Å². The van der Waals surface area contributed by atoms with Gasteiger partial charge in [0, 0.05) is 84.3 Å². The zero-order valence-corrected chi connectivity index (χ0v) is 60.5. The van der Waals surface area contributed by atoms with Crippen LogP contribution in [0.25, 0.3) is 76.4 Å². The number of alkyl halides is 3. The Hall–Kier alpha value is -8.34. The van der Waals surface area contributed by atoms with Crippen LogP contribution < -0.4 is 13.7 Å². The molecule has 16 nitrogen and oxygen atoms in total. The smallest absolute Gasteiger partial charge is 0.493 e. The zero-order chi connectivity index (χ0) is 72.7. The molecule has 3 atom stereocenters. The number of hydrogen-bond acceptors (Lipinski definition) is 15. The summed E-state index contributed by atoms with van der Waals surface area (Å²) in [5.41, 5.74) is 2.38. The molecule has 100 heavy (non-hydrogen) atoms. The van der Waals surface area contributed by atoms with Gasteiger partial charge >= 0.3 is 33.5 Å². The number of fused-ring (bicyclic) bond motifs is 3. The number of ether oxygens (including phenoxy) is 7. The zero-order valence-electron chi connectivity index (χ0n) is 57.4. The van der Waals surface area contributed by atoms with Gasteiger partial charge in [0.05, 0.1) is 54.3 Å². The van der Waals surface area contributed by atoms with Crippen LogP contribution in [0, 0.1) is 13.8 Å². The van der Waals surface area contributed by atoms with Crippen molar-refractivity contribution >= 4 is 117 Å². The molecule has 0 saturated carbocycles. The number of nitrogens with zero attached hydrogens (tertiary/aromatic N) is 2. The van der Waals surface area contributed by atoms with E-state index in [0.29, 0.717) is 34.2 Å². The lowest BCUT2D eigenvalue weighted by Gasteiger charge is -2.30. The molecule has 10 aromatic rings. The third-order valence-corrected chi connectivity index (χ3v) is 17.9. The lowest BCUT2D eigenvalue weighted by Crippen LogP contribution is -2.31. The average molecular weight is 1450 g/mol. The molecule has 2 aliphatic heterocycles. The number of aliphatic carboxylic acids is 1. The molecular formula is C77H76Cl3F3N2O14S. The van der Waals surface area contributed by atoms with Crippen molar-refractivity contribution in [3.63, 3.8) is 0 Å². The van der Waals surface area contributed by atoms with Crippen LogP contribution in [0.2, 0.25) is 15.1 Å². The molecule has 526 valence electrons. The molecule has 0 fully saturated rings. The van der Waals surface area contributed by atoms with E-state index in [9.17, 15) is 41.1 Å². The number of carbonyl (C=O) groups is 3. The maximum atomic E-state index is 13.4. The van der Waals surface area contributed by atoms with Gasteiger partial charge in [0.1, 0.15) is 11.5 Å². The van der Waals surface area contributed by atoms with Crippen LogP contribution in [0.5, 0.6) is 17.2 Å². The normalized spacial score (nSPS) is 14.1. The van der Waals surface area contributed by atoms with Crippen molar-refractivity contribution in [1.82, 2.24) is 9.97 Å². The van der Waals surface area contributed by atoms with E-state index < -0.39 is 74.4 Å². The molecule has 0 radical (unpaired) electrons. The molecular weight excluding hydrogens is 1370 g/mol. The highest BCUT2D eigenvalue weighted by molar-refractivity contribution is 7.88. The minimum absolute atomic E-state index is 0.0285. The van der Waals surface area contributed by atoms with E-state index in [0.717, 1.165) is 107 Å². The Bertz CT molecular complexity index is 4950. The fraction of sp³-hybridized carbons (Fsp3) is 0.338. The van der Waals surface area contributed by atoms with Gasteiger partial charge in [0.15, 0.2) is 24.1 Å². The van der Waals surface area contributed by atoms with Crippen molar-refractivity contribution in [2.75, 3.05) is 26.4 Å². The molecule has 0 amide bonds. The monoisotopic (exact) mass is 1450 g/mol. The Morgan fingerprint density at radius 1 is 0.540 bits per heavy atom. The van der Waals surface area contributed by atoms with Gasteiger partial charge in [0.2, 0.25) is 0 Å². The van der Waals surface area contributed by atoms with Crippen molar-refractivity contribution in [1.29, 1.82) is 0 Å². The van der Waals surface area contributed by atoms with Crippen molar-refractivity contribution < 1.29 is 78.4 Å². The minimum Gasteiger partial charge on any atom is -0.493 e. The van der Waals surface area contributed by atoms with Gasteiger partial charge in [-0.3, -0.25) is 9.97 Å². The Kier molecular flexibility index (Phi) is 21.8. The number of rotatable bonds is 15. The van der Waals surface area contributed by atoms with Crippen LogP contribution in [-0.2, 0) is 61.0 Å². The largest absolute Gasteiger partial charge is 0.534 e. The Morgan fingerprint density at radius 2 is 0.940 bits per heavy atom. The van der Waals surface area contributed by atoms with Gasteiger partial charge < -0.3 is 42.4 Å². The quantitative estimate of drug-likeness (QED) is 0.0575. The molecule has 2 aliphatic rings. The minimum atomic E-state index is -6.04. The molecule has 1 unspecified atom stereocenters. The van der Waals surface area contributed by atoms with Crippen LogP contribution >= 0.6 is 34.8 Å². The third-order valence-electron chi connectivity index (χ3n) is 16.3. The molecule has 8 aromatic carbocycles. The molecule has 0 bridgehead atoms. The molecule has 23 heteroatoms. The number of carboxylic acids is 1. The number of aromatic nitrogens is 2. The predicted molar refractivity (Wildman–Crippen MR) is 383 cm³/mol. The highest BCUT2D eigenvalue weighted by atomic mass is 35.5. The van der Waals surface area contributed by atoms with Gasteiger partial charge in [0.25, 0.3) is 0 Å². The topological polar surface area (TPSA) is 205 Å².